The Balaban J connectivity index is 2.10. The van der Waals surface area contributed by atoms with Crippen molar-refractivity contribution in [2.24, 2.45) is 0 Å². The first-order valence-corrected chi connectivity index (χ1v) is 8.21. The van der Waals surface area contributed by atoms with Gasteiger partial charge in [0.1, 0.15) is 5.75 Å². The molecule has 1 atom stereocenters. The molecule has 1 heterocycles. The molecule has 0 aliphatic carbocycles. The van der Waals surface area contributed by atoms with Crippen molar-refractivity contribution in [1.82, 2.24) is 10.3 Å². The van der Waals surface area contributed by atoms with Crippen LogP contribution in [-0.4, -0.2) is 24.4 Å². The van der Waals surface area contributed by atoms with Gasteiger partial charge in [0.15, 0.2) is 0 Å². The minimum absolute atomic E-state index is 0.216. The molecule has 1 N–H and O–H groups in total. The number of rotatable bonds is 7. The third kappa shape index (κ3) is 4.63. The third-order valence-corrected chi connectivity index (χ3v) is 4.32. The fourth-order valence-electron chi connectivity index (χ4n) is 2.08. The van der Waals surface area contributed by atoms with E-state index in [1.807, 2.05) is 30.3 Å². The van der Waals surface area contributed by atoms with E-state index in [1.54, 1.807) is 25.1 Å². The highest BCUT2D eigenvalue weighted by molar-refractivity contribution is 7.99. The Hall–Kier alpha value is -1.23. The van der Waals surface area contributed by atoms with Crippen molar-refractivity contribution in [3.8, 4) is 5.75 Å². The molecular weight excluding hydrogens is 304 g/mol. The second kappa shape index (κ2) is 8.27. The van der Waals surface area contributed by atoms with Crippen LogP contribution in [0.5, 0.6) is 5.75 Å². The van der Waals surface area contributed by atoms with Crippen LogP contribution in [0.4, 0.5) is 0 Å². The minimum atomic E-state index is 0.216. The Morgan fingerprint density at radius 3 is 2.76 bits per heavy atom. The second-order valence-electron chi connectivity index (χ2n) is 4.48. The highest BCUT2D eigenvalue weighted by Crippen LogP contribution is 2.29. The number of nitrogens with zero attached hydrogens (tertiary/aromatic N) is 1. The van der Waals surface area contributed by atoms with E-state index in [2.05, 4.69) is 23.3 Å². The van der Waals surface area contributed by atoms with E-state index < -0.39 is 0 Å². The van der Waals surface area contributed by atoms with Crippen LogP contribution >= 0.6 is 23.4 Å². The third-order valence-electron chi connectivity index (χ3n) is 3.06. The first-order chi connectivity index (χ1) is 10.2. The van der Waals surface area contributed by atoms with E-state index in [1.165, 1.54) is 5.56 Å². The zero-order valence-electron chi connectivity index (χ0n) is 12.2. The number of hydrogen-bond donors (Lipinski definition) is 1. The summed E-state index contributed by atoms with van der Waals surface area (Å²) in [4.78, 5) is 4.32. The molecule has 0 amide bonds. The molecule has 3 nitrogen and oxygen atoms in total. The van der Waals surface area contributed by atoms with Gasteiger partial charge in [-0.2, -0.15) is 0 Å². The zero-order valence-corrected chi connectivity index (χ0v) is 13.7. The highest BCUT2D eigenvalue weighted by atomic mass is 35.5. The topological polar surface area (TPSA) is 34.2 Å². The van der Waals surface area contributed by atoms with E-state index in [0.717, 1.165) is 23.1 Å². The predicted molar refractivity (Wildman–Crippen MR) is 89.4 cm³/mol. The van der Waals surface area contributed by atoms with Crippen molar-refractivity contribution in [2.75, 3.05) is 19.4 Å². The highest BCUT2D eigenvalue weighted by Gasteiger charge is 2.15. The van der Waals surface area contributed by atoms with E-state index in [-0.39, 0.29) is 6.04 Å². The van der Waals surface area contributed by atoms with E-state index in [4.69, 9.17) is 16.3 Å². The van der Waals surface area contributed by atoms with Gasteiger partial charge in [-0.1, -0.05) is 36.7 Å². The number of pyridine rings is 1. The lowest BCUT2D eigenvalue weighted by Gasteiger charge is -2.20. The molecule has 0 bridgehead atoms. The van der Waals surface area contributed by atoms with Gasteiger partial charge in [0.25, 0.3) is 0 Å². The summed E-state index contributed by atoms with van der Waals surface area (Å²) < 4.78 is 5.46. The molecule has 0 fully saturated rings. The molecule has 1 aromatic carbocycles. The number of benzene rings is 1. The van der Waals surface area contributed by atoms with Crippen LogP contribution in [0.25, 0.3) is 0 Å². The molecule has 1 unspecified atom stereocenters. The second-order valence-corrected chi connectivity index (χ2v) is 5.95. The van der Waals surface area contributed by atoms with Crippen molar-refractivity contribution in [1.29, 1.82) is 0 Å². The molecule has 5 heteroatoms. The average molecular weight is 323 g/mol. The molecular formula is C16H19ClN2OS. The molecule has 0 aliphatic rings. The Kier molecular flexibility index (Phi) is 6.36. The average Bonchev–Trinajstić information content (AvgIpc) is 2.53. The SMILES string of the molecule is CCNC(CSc1ccc(Cl)cn1)c1ccccc1OC. The van der Waals surface area contributed by atoms with Crippen LogP contribution in [0, 0.1) is 0 Å². The van der Waals surface area contributed by atoms with Crippen molar-refractivity contribution >= 4 is 23.4 Å². The number of methoxy groups -OCH3 is 1. The maximum absolute atomic E-state index is 5.86. The fraction of sp³-hybridized carbons (Fsp3) is 0.312. The van der Waals surface area contributed by atoms with Crippen molar-refractivity contribution < 1.29 is 4.74 Å². The summed E-state index contributed by atoms with van der Waals surface area (Å²) in [5.74, 6) is 1.79. The molecule has 21 heavy (non-hydrogen) atoms. The molecule has 1 aromatic heterocycles. The van der Waals surface area contributed by atoms with Crippen LogP contribution in [0.3, 0.4) is 0 Å². The van der Waals surface area contributed by atoms with Crippen molar-refractivity contribution in [3.63, 3.8) is 0 Å². The Labute approximate surface area is 135 Å². The summed E-state index contributed by atoms with van der Waals surface area (Å²) in [6, 6.07) is 12.1. The molecule has 0 saturated heterocycles. The number of halogens is 1. The van der Waals surface area contributed by atoms with Gasteiger partial charge in [-0.15, -0.1) is 11.8 Å². The Bertz CT molecular complexity index is 562. The van der Waals surface area contributed by atoms with Gasteiger partial charge in [0.05, 0.1) is 17.2 Å². The smallest absolute Gasteiger partial charge is 0.123 e. The van der Waals surface area contributed by atoms with Crippen molar-refractivity contribution in [2.45, 2.75) is 18.0 Å². The summed E-state index contributed by atoms with van der Waals surface area (Å²) in [7, 11) is 1.70. The van der Waals surface area contributed by atoms with E-state index >= 15 is 0 Å². The van der Waals surface area contributed by atoms with Gasteiger partial charge >= 0.3 is 0 Å². The monoisotopic (exact) mass is 322 g/mol. The van der Waals surface area contributed by atoms with Crippen LogP contribution in [-0.2, 0) is 0 Å². The van der Waals surface area contributed by atoms with Crippen LogP contribution in [0.2, 0.25) is 5.02 Å². The van der Waals surface area contributed by atoms with Crippen molar-refractivity contribution in [3.05, 3.63) is 53.2 Å². The molecule has 0 spiro atoms. The molecule has 112 valence electrons. The van der Waals surface area contributed by atoms with E-state index in [9.17, 15) is 0 Å². The summed E-state index contributed by atoms with van der Waals surface area (Å²) in [6.07, 6.45) is 1.68. The largest absolute Gasteiger partial charge is 0.496 e. The first-order valence-electron chi connectivity index (χ1n) is 6.85. The van der Waals surface area contributed by atoms with Gasteiger partial charge in [-0.05, 0) is 24.7 Å². The maximum Gasteiger partial charge on any atom is 0.123 e. The quantitative estimate of drug-likeness (QED) is 0.775. The van der Waals surface area contributed by atoms with Gasteiger partial charge in [-0.25, -0.2) is 4.98 Å². The van der Waals surface area contributed by atoms with Crippen LogP contribution in [0.1, 0.15) is 18.5 Å². The van der Waals surface area contributed by atoms with E-state index in [0.29, 0.717) is 5.02 Å². The lowest BCUT2D eigenvalue weighted by molar-refractivity contribution is 0.403. The van der Waals surface area contributed by atoms with Crippen LogP contribution < -0.4 is 10.1 Å². The van der Waals surface area contributed by atoms with Gasteiger partial charge in [0.2, 0.25) is 0 Å². The standard InChI is InChI=1S/C16H19ClN2OS/c1-3-18-14(13-6-4-5-7-15(13)20-2)11-21-16-9-8-12(17)10-19-16/h4-10,14,18H,3,11H2,1-2H3. The molecule has 2 rings (SSSR count). The zero-order chi connectivity index (χ0) is 15.1. The summed E-state index contributed by atoms with van der Waals surface area (Å²) >= 11 is 7.56. The molecule has 0 saturated carbocycles. The van der Waals surface area contributed by atoms with Gasteiger partial charge in [0, 0.05) is 23.6 Å². The Morgan fingerprint density at radius 1 is 1.29 bits per heavy atom. The minimum Gasteiger partial charge on any atom is -0.496 e. The summed E-state index contributed by atoms with van der Waals surface area (Å²) in [5.41, 5.74) is 1.17. The van der Waals surface area contributed by atoms with Gasteiger partial charge in [-0.3, -0.25) is 0 Å². The number of hydrogen-bond acceptors (Lipinski definition) is 4. The lowest BCUT2D eigenvalue weighted by Crippen LogP contribution is -2.23. The Morgan fingerprint density at radius 2 is 2.10 bits per heavy atom. The molecule has 0 radical (unpaired) electrons. The normalized spacial score (nSPS) is 12.1. The summed E-state index contributed by atoms with van der Waals surface area (Å²) in [6.45, 7) is 3.00. The molecule has 0 aliphatic heterocycles. The van der Waals surface area contributed by atoms with Gasteiger partial charge < -0.3 is 10.1 Å². The number of nitrogens with one attached hydrogen (secondary N) is 1. The van der Waals surface area contributed by atoms with Crippen LogP contribution in [0.15, 0.2) is 47.6 Å². The summed E-state index contributed by atoms with van der Waals surface area (Å²) in [5, 5.41) is 5.13. The fourth-order valence-corrected chi connectivity index (χ4v) is 3.11. The number of aromatic nitrogens is 1. The number of thioether (sulfide) groups is 1. The number of para-hydroxylation sites is 1. The number of ether oxygens (including phenoxy) is 1. The molecule has 2 aromatic rings. The predicted octanol–water partition coefficient (Wildman–Crippen LogP) is 4.19. The lowest BCUT2D eigenvalue weighted by atomic mass is 10.1. The first kappa shape index (κ1) is 16.1. The maximum atomic E-state index is 5.86.